The number of hydrogen-bond acceptors (Lipinski definition) is 0. The normalized spacial score (nSPS) is 8.62. The molecule has 0 saturated carbocycles. The molecule has 0 aliphatic carbocycles. The third kappa shape index (κ3) is 9.64. The molecule has 0 aromatic carbocycles. The van der Waals surface area contributed by atoms with E-state index in [-0.39, 0.29) is 19.5 Å². The first kappa shape index (κ1) is 11.2. The fourth-order valence-electron chi connectivity index (χ4n) is 0.277. The van der Waals surface area contributed by atoms with Crippen LogP contribution in [0.25, 0.3) is 0 Å². The van der Waals surface area contributed by atoms with Gasteiger partial charge in [0.05, 0.1) is 0 Å². The van der Waals surface area contributed by atoms with E-state index in [2.05, 4.69) is 6.58 Å². The van der Waals surface area contributed by atoms with Gasteiger partial charge in [0, 0.05) is 25.0 Å². The first-order chi connectivity index (χ1) is 3.41. The van der Waals surface area contributed by atoms with E-state index in [0.717, 1.165) is 12.8 Å². The van der Waals surface area contributed by atoms with E-state index in [1.165, 1.54) is 5.54 Å². The van der Waals surface area contributed by atoms with E-state index in [9.17, 15) is 0 Å². The maximum absolute atomic E-state index is 5.22. The van der Waals surface area contributed by atoms with E-state index >= 15 is 0 Å². The Morgan fingerprint density at radius 1 is 1.38 bits per heavy atom. The first-order valence-corrected chi connectivity index (χ1v) is 2.71. The minimum atomic E-state index is 0. The molecule has 0 aromatic heterocycles. The van der Waals surface area contributed by atoms with Gasteiger partial charge in [0.1, 0.15) is 0 Å². The Bertz CT molecular complexity index is 68.9. The molecule has 8 heavy (non-hydrogen) atoms. The Labute approximate surface area is 68.4 Å². The monoisotopic (exact) mass is 219 g/mol. The van der Waals surface area contributed by atoms with Gasteiger partial charge in [0.25, 0.3) is 0 Å². The van der Waals surface area contributed by atoms with E-state index in [0.29, 0.717) is 0 Å². The minimum Gasteiger partial charge on any atom is -0.103 e. The summed E-state index contributed by atoms with van der Waals surface area (Å²) in [4.78, 5) is 0. The van der Waals surface area contributed by atoms with Crippen molar-refractivity contribution in [2.45, 2.75) is 12.8 Å². The Kier molecular flexibility index (Phi) is 14.6. The Hall–Kier alpha value is 0.393. The smallest absolute Gasteiger partial charge is 0.000256 e. The quantitative estimate of drug-likeness (QED) is 0.389. The van der Waals surface area contributed by atoms with Crippen molar-refractivity contribution in [3.8, 4) is 0 Å². The molecular weight excluding hydrogens is 210 g/mol. The van der Waals surface area contributed by atoms with Crippen LogP contribution in [0.1, 0.15) is 12.8 Å². The molecule has 0 spiro atoms. The van der Waals surface area contributed by atoms with Crippen LogP contribution >= 0.6 is 11.6 Å². The summed E-state index contributed by atoms with van der Waals surface area (Å²) >= 11 is 5.22. The molecule has 0 N–H and O–H groups in total. The summed E-state index contributed by atoms with van der Waals surface area (Å²) < 4.78 is 0. The summed E-state index contributed by atoms with van der Waals surface area (Å²) in [5.41, 5.74) is 1.53. The molecule has 1 radical (unpaired) electrons. The molecule has 0 bridgehead atoms. The molecule has 0 aromatic rings. The zero-order chi connectivity index (χ0) is 5.54. The standard InChI is InChI=1S/C6H9Cl.Rh/c1-2-3-4-5-6-7;/h2,5-6H,1,3-4H2;. The van der Waals surface area contributed by atoms with Gasteiger partial charge in [0.15, 0.2) is 0 Å². The Morgan fingerprint density at radius 2 is 2.00 bits per heavy atom. The van der Waals surface area contributed by atoms with Gasteiger partial charge in [-0.1, -0.05) is 23.8 Å². The van der Waals surface area contributed by atoms with Gasteiger partial charge < -0.3 is 0 Å². The summed E-state index contributed by atoms with van der Waals surface area (Å²) in [6.45, 7) is 3.56. The molecule has 0 fully saturated rings. The number of halogens is 1. The largest absolute Gasteiger partial charge is 0.103 e. The van der Waals surface area contributed by atoms with Crippen molar-refractivity contribution < 1.29 is 19.5 Å². The molecule has 0 unspecified atom stereocenters. The van der Waals surface area contributed by atoms with E-state index < -0.39 is 0 Å². The summed E-state index contributed by atoms with van der Waals surface area (Å²) in [5, 5.41) is 0. The molecule has 0 amide bonds. The zero-order valence-corrected chi connectivity index (χ0v) is 6.96. The van der Waals surface area contributed by atoms with Gasteiger partial charge in [-0.2, -0.15) is 0 Å². The average Bonchev–Trinajstić information content (AvgIpc) is 1.69. The summed E-state index contributed by atoms with van der Waals surface area (Å²) in [7, 11) is 0. The predicted octanol–water partition coefficient (Wildman–Crippen LogP) is 2.70. The van der Waals surface area contributed by atoms with Crippen LogP contribution in [0.2, 0.25) is 0 Å². The van der Waals surface area contributed by atoms with Crippen LogP contribution in [0.5, 0.6) is 0 Å². The van der Waals surface area contributed by atoms with Crippen molar-refractivity contribution in [1.29, 1.82) is 0 Å². The van der Waals surface area contributed by atoms with Crippen LogP contribution in [-0.2, 0) is 19.5 Å². The molecule has 49 valence electrons. The van der Waals surface area contributed by atoms with Gasteiger partial charge in [-0.25, -0.2) is 0 Å². The van der Waals surface area contributed by atoms with Crippen molar-refractivity contribution in [3.63, 3.8) is 0 Å². The van der Waals surface area contributed by atoms with Crippen molar-refractivity contribution in [2.24, 2.45) is 0 Å². The second kappa shape index (κ2) is 10.4. The minimum absolute atomic E-state index is 0. The maximum Gasteiger partial charge on any atom is 0.000256 e. The Morgan fingerprint density at radius 3 is 2.38 bits per heavy atom. The van der Waals surface area contributed by atoms with Gasteiger partial charge in [-0.3, -0.25) is 0 Å². The van der Waals surface area contributed by atoms with Gasteiger partial charge >= 0.3 is 0 Å². The molecule has 0 rings (SSSR count). The predicted molar refractivity (Wildman–Crippen MR) is 34.4 cm³/mol. The zero-order valence-electron chi connectivity index (χ0n) is 4.56. The van der Waals surface area contributed by atoms with Crippen molar-refractivity contribution in [1.82, 2.24) is 0 Å². The molecule has 0 saturated heterocycles. The number of allylic oxidation sites excluding steroid dienone is 2. The van der Waals surface area contributed by atoms with Crippen LogP contribution in [0.3, 0.4) is 0 Å². The molecule has 0 aliphatic heterocycles. The number of unbranched alkanes of at least 4 members (excludes halogenated alkanes) is 1. The number of rotatable bonds is 3. The average molecular weight is 219 g/mol. The molecule has 0 nitrogen and oxygen atoms in total. The SMILES string of the molecule is C=CCCC=CCl.[Rh]. The van der Waals surface area contributed by atoms with Gasteiger partial charge in [-0.15, -0.1) is 6.58 Å². The first-order valence-electron chi connectivity index (χ1n) is 2.28. The van der Waals surface area contributed by atoms with E-state index in [4.69, 9.17) is 11.6 Å². The molecule has 0 heterocycles. The third-order valence-electron chi connectivity index (χ3n) is 0.627. The maximum atomic E-state index is 5.22. The van der Waals surface area contributed by atoms with Crippen LogP contribution < -0.4 is 0 Å². The van der Waals surface area contributed by atoms with Crippen molar-refractivity contribution in [2.75, 3.05) is 0 Å². The fourth-order valence-corrected chi connectivity index (χ4v) is 0.403. The topological polar surface area (TPSA) is 0 Å². The summed E-state index contributed by atoms with van der Waals surface area (Å²) in [6, 6.07) is 0. The van der Waals surface area contributed by atoms with Crippen LogP contribution in [0.4, 0.5) is 0 Å². The Balaban J connectivity index is 0. The van der Waals surface area contributed by atoms with Crippen LogP contribution in [0.15, 0.2) is 24.3 Å². The summed E-state index contributed by atoms with van der Waals surface area (Å²) in [6.07, 6.45) is 5.80. The van der Waals surface area contributed by atoms with Crippen LogP contribution in [-0.4, -0.2) is 0 Å². The van der Waals surface area contributed by atoms with Gasteiger partial charge in [-0.05, 0) is 12.8 Å². The van der Waals surface area contributed by atoms with Crippen molar-refractivity contribution >= 4 is 11.6 Å². The molecule has 2 heteroatoms. The molecule has 0 aliphatic rings. The number of hydrogen-bond donors (Lipinski definition) is 0. The van der Waals surface area contributed by atoms with Crippen molar-refractivity contribution in [3.05, 3.63) is 24.3 Å². The fraction of sp³-hybridized carbons (Fsp3) is 0.333. The molecular formula is C6H9ClRh. The van der Waals surface area contributed by atoms with E-state index in [1.54, 1.807) is 0 Å². The van der Waals surface area contributed by atoms with Gasteiger partial charge in [0.2, 0.25) is 0 Å². The van der Waals surface area contributed by atoms with Crippen LogP contribution in [0, 0.1) is 0 Å². The third-order valence-corrected chi connectivity index (χ3v) is 0.805. The second-order valence-corrected chi connectivity index (χ2v) is 1.48. The summed E-state index contributed by atoms with van der Waals surface area (Å²) in [5.74, 6) is 0. The van der Waals surface area contributed by atoms with E-state index in [1.807, 2.05) is 12.2 Å². The second-order valence-electron chi connectivity index (χ2n) is 1.23. The molecule has 0 atom stereocenters.